The summed E-state index contributed by atoms with van der Waals surface area (Å²) in [6.45, 7) is 0.0318. The van der Waals surface area contributed by atoms with Gasteiger partial charge in [-0.3, -0.25) is 14.1 Å². The highest BCUT2D eigenvalue weighted by Gasteiger charge is 2.32. The van der Waals surface area contributed by atoms with Gasteiger partial charge in [0, 0.05) is 25.2 Å². The number of anilines is 1. The van der Waals surface area contributed by atoms with Gasteiger partial charge in [-0.25, -0.2) is 8.42 Å². The second kappa shape index (κ2) is 7.34. The zero-order valence-corrected chi connectivity index (χ0v) is 15.9. The molecule has 0 saturated carbocycles. The lowest BCUT2D eigenvalue weighted by atomic mass is 10.2. The Kier molecular flexibility index (Phi) is 5.24. The van der Waals surface area contributed by atoms with E-state index in [0.29, 0.717) is 17.5 Å². The Hall–Kier alpha value is -2.76. The van der Waals surface area contributed by atoms with Gasteiger partial charge in [-0.1, -0.05) is 0 Å². The molecule has 0 aliphatic rings. The average molecular weight is 417 g/mol. The van der Waals surface area contributed by atoms with Crippen LogP contribution < -0.4 is 9.46 Å². The van der Waals surface area contributed by atoms with Crippen molar-refractivity contribution in [1.82, 2.24) is 19.6 Å². The summed E-state index contributed by atoms with van der Waals surface area (Å²) in [5.74, 6) is 0.0348. The normalized spacial score (nSPS) is 12.5. The van der Waals surface area contributed by atoms with Crippen molar-refractivity contribution in [2.45, 2.75) is 19.1 Å². The fraction of sp³-hybridized carbons (Fsp3) is 0.375. The van der Waals surface area contributed by atoms with Crippen LogP contribution in [0.4, 0.5) is 18.9 Å². The van der Waals surface area contributed by atoms with E-state index in [1.54, 1.807) is 25.4 Å². The zero-order chi connectivity index (χ0) is 20.5. The second-order valence-corrected chi connectivity index (χ2v) is 7.96. The number of halogens is 3. The van der Waals surface area contributed by atoms with Crippen LogP contribution >= 0.6 is 0 Å². The van der Waals surface area contributed by atoms with Crippen LogP contribution in [0.5, 0.6) is 5.75 Å². The first-order valence-corrected chi connectivity index (χ1v) is 9.85. The van der Waals surface area contributed by atoms with Gasteiger partial charge in [0.2, 0.25) is 10.0 Å². The maximum Gasteiger partial charge on any atom is 0.419 e. The zero-order valence-electron chi connectivity index (χ0n) is 15.1. The number of hydrogen-bond acceptors (Lipinski definition) is 5. The van der Waals surface area contributed by atoms with E-state index in [2.05, 4.69) is 14.9 Å². The topological polar surface area (TPSA) is 91.0 Å². The molecule has 0 radical (unpaired) electrons. The third-order valence-corrected chi connectivity index (χ3v) is 5.44. The third kappa shape index (κ3) is 4.21. The molecular weight excluding hydrogens is 399 g/mol. The minimum atomic E-state index is -4.48. The Morgan fingerprint density at radius 2 is 1.96 bits per heavy atom. The summed E-state index contributed by atoms with van der Waals surface area (Å²) < 4.78 is 73.1. The van der Waals surface area contributed by atoms with Crippen molar-refractivity contribution in [2.24, 2.45) is 7.05 Å². The summed E-state index contributed by atoms with van der Waals surface area (Å²) in [5, 5.41) is 8.45. The molecule has 0 amide bonds. The molecule has 2 heterocycles. The van der Waals surface area contributed by atoms with E-state index < -0.39 is 21.8 Å². The molecule has 0 bridgehead atoms. The largest absolute Gasteiger partial charge is 0.494 e. The first kappa shape index (κ1) is 20.0. The van der Waals surface area contributed by atoms with Crippen molar-refractivity contribution >= 4 is 26.6 Å². The molecule has 2 aromatic heterocycles. The molecule has 3 rings (SSSR count). The lowest BCUT2D eigenvalue weighted by Gasteiger charge is -2.14. The van der Waals surface area contributed by atoms with E-state index in [1.807, 2.05) is 0 Å². The maximum absolute atomic E-state index is 12.6. The average Bonchev–Trinajstić information content (AvgIpc) is 3.22. The number of hydrogen-bond donors (Lipinski definition) is 1. The summed E-state index contributed by atoms with van der Waals surface area (Å²) in [5.41, 5.74) is -0.0515. The lowest BCUT2D eigenvalue weighted by molar-refractivity contribution is -0.137. The van der Waals surface area contributed by atoms with Crippen molar-refractivity contribution in [1.29, 1.82) is 0 Å². The van der Waals surface area contributed by atoms with E-state index in [-0.39, 0.29) is 24.4 Å². The fourth-order valence-electron chi connectivity index (χ4n) is 2.77. The van der Waals surface area contributed by atoms with E-state index >= 15 is 0 Å². The molecule has 0 saturated heterocycles. The number of fused-ring (bicyclic) bond motifs is 1. The third-order valence-electron chi connectivity index (χ3n) is 4.10. The van der Waals surface area contributed by atoms with E-state index in [9.17, 15) is 21.6 Å². The van der Waals surface area contributed by atoms with Crippen LogP contribution in [0.15, 0.2) is 30.7 Å². The Bertz CT molecular complexity index is 1090. The Morgan fingerprint density at radius 3 is 2.61 bits per heavy atom. The molecule has 0 unspecified atom stereocenters. The molecule has 8 nitrogen and oxygen atoms in total. The molecule has 0 spiro atoms. The minimum absolute atomic E-state index is 0.0318. The van der Waals surface area contributed by atoms with Crippen LogP contribution in [-0.2, 0) is 29.8 Å². The van der Waals surface area contributed by atoms with Crippen molar-refractivity contribution in [3.05, 3.63) is 36.3 Å². The van der Waals surface area contributed by atoms with Crippen LogP contribution in [-0.4, -0.2) is 40.8 Å². The van der Waals surface area contributed by atoms with Crippen molar-refractivity contribution < 1.29 is 26.3 Å². The second-order valence-electron chi connectivity index (χ2n) is 6.11. The number of nitrogens with zero attached hydrogens (tertiary/aromatic N) is 4. The smallest absolute Gasteiger partial charge is 0.419 e. The number of benzene rings is 1. The molecular formula is C16H18F3N5O3S. The van der Waals surface area contributed by atoms with Crippen LogP contribution in [0.2, 0.25) is 0 Å². The van der Waals surface area contributed by atoms with Crippen LogP contribution in [0, 0.1) is 0 Å². The molecule has 0 fully saturated rings. The summed E-state index contributed by atoms with van der Waals surface area (Å²) in [6, 6.07) is 3.39. The SMILES string of the molecule is COc1ccc2cnn(C)c2c1NS(=O)(=O)CCCn1cc(C(F)(F)F)cn1. The van der Waals surface area contributed by atoms with Gasteiger partial charge in [-0.2, -0.15) is 23.4 Å². The predicted molar refractivity (Wildman–Crippen MR) is 96.5 cm³/mol. The number of rotatable bonds is 7. The molecule has 0 aliphatic heterocycles. The van der Waals surface area contributed by atoms with Crippen molar-refractivity contribution in [3.8, 4) is 5.75 Å². The monoisotopic (exact) mass is 417 g/mol. The number of aryl methyl sites for hydroxylation is 2. The molecule has 0 aliphatic carbocycles. The molecule has 0 atom stereocenters. The van der Waals surface area contributed by atoms with Gasteiger partial charge in [0.25, 0.3) is 0 Å². The number of aromatic nitrogens is 4. The summed E-state index contributed by atoms with van der Waals surface area (Å²) in [6.07, 6.45) is -1.25. The first-order chi connectivity index (χ1) is 13.1. The minimum Gasteiger partial charge on any atom is -0.494 e. The van der Waals surface area contributed by atoms with Crippen LogP contribution in [0.25, 0.3) is 10.9 Å². The van der Waals surface area contributed by atoms with Gasteiger partial charge in [0.05, 0.1) is 36.3 Å². The highest BCUT2D eigenvalue weighted by atomic mass is 32.2. The van der Waals surface area contributed by atoms with Crippen molar-refractivity contribution in [2.75, 3.05) is 17.6 Å². The van der Waals surface area contributed by atoms with Gasteiger partial charge in [-0.15, -0.1) is 0 Å². The quantitative estimate of drug-likeness (QED) is 0.638. The number of sulfonamides is 1. The Labute approximate surface area is 158 Å². The van der Waals surface area contributed by atoms with E-state index in [4.69, 9.17) is 4.74 Å². The lowest BCUT2D eigenvalue weighted by Crippen LogP contribution is -2.19. The molecule has 1 N–H and O–H groups in total. The molecule has 152 valence electrons. The molecule has 28 heavy (non-hydrogen) atoms. The van der Waals surface area contributed by atoms with Crippen LogP contribution in [0.1, 0.15) is 12.0 Å². The predicted octanol–water partition coefficient (Wildman–Crippen LogP) is 2.63. The highest BCUT2D eigenvalue weighted by molar-refractivity contribution is 7.92. The van der Waals surface area contributed by atoms with Gasteiger partial charge >= 0.3 is 6.18 Å². The summed E-state index contributed by atoms with van der Waals surface area (Å²) in [4.78, 5) is 0. The van der Waals surface area contributed by atoms with Gasteiger partial charge in [-0.05, 0) is 18.6 Å². The first-order valence-electron chi connectivity index (χ1n) is 8.19. The fourth-order valence-corrected chi connectivity index (χ4v) is 3.89. The molecule has 1 aromatic carbocycles. The summed E-state index contributed by atoms with van der Waals surface area (Å²) >= 11 is 0. The van der Waals surface area contributed by atoms with Gasteiger partial charge in [0.1, 0.15) is 11.4 Å². The van der Waals surface area contributed by atoms with Crippen LogP contribution in [0.3, 0.4) is 0 Å². The number of nitrogens with one attached hydrogen (secondary N) is 1. The number of ether oxygens (including phenoxy) is 1. The standard InChI is InChI=1S/C16H18F3N5O3S/c1-23-15-11(8-20-23)4-5-13(27-2)14(15)22-28(25,26)7-3-6-24-10-12(9-21-24)16(17,18)19/h4-5,8-10,22H,3,6-7H2,1-2H3. The number of methoxy groups -OCH3 is 1. The maximum atomic E-state index is 12.6. The Balaban J connectivity index is 1.72. The molecule has 3 aromatic rings. The van der Waals surface area contributed by atoms with Gasteiger partial charge in [0.15, 0.2) is 0 Å². The summed E-state index contributed by atoms with van der Waals surface area (Å²) in [7, 11) is -0.682. The van der Waals surface area contributed by atoms with Crippen molar-refractivity contribution in [3.63, 3.8) is 0 Å². The Morgan fingerprint density at radius 1 is 1.21 bits per heavy atom. The van der Waals surface area contributed by atoms with E-state index in [0.717, 1.165) is 16.3 Å². The number of alkyl halides is 3. The highest BCUT2D eigenvalue weighted by Crippen LogP contribution is 2.33. The van der Waals surface area contributed by atoms with E-state index in [1.165, 1.54) is 11.8 Å². The van der Waals surface area contributed by atoms with Gasteiger partial charge < -0.3 is 4.74 Å². The molecule has 12 heteroatoms.